The molecule has 0 aliphatic heterocycles. The van der Waals surface area contributed by atoms with E-state index in [1.165, 1.54) is 0 Å². The van der Waals surface area contributed by atoms with Gasteiger partial charge in [0.15, 0.2) is 0 Å². The summed E-state index contributed by atoms with van der Waals surface area (Å²) in [6.45, 7) is 1.43. The summed E-state index contributed by atoms with van der Waals surface area (Å²) in [5.74, 6) is -0.967. The van der Waals surface area contributed by atoms with Crippen LogP contribution >= 0.6 is 11.6 Å². The highest BCUT2D eigenvalue weighted by Crippen LogP contribution is 2.35. The summed E-state index contributed by atoms with van der Waals surface area (Å²) in [7, 11) is 1.68. The highest BCUT2D eigenvalue weighted by atomic mass is 35.5. The Morgan fingerprint density at radius 1 is 1.55 bits per heavy atom. The van der Waals surface area contributed by atoms with Crippen molar-refractivity contribution in [3.63, 3.8) is 0 Å². The summed E-state index contributed by atoms with van der Waals surface area (Å²) in [6.07, 6.45) is 5.05. The van der Waals surface area contributed by atoms with Crippen LogP contribution in [0.4, 0.5) is 5.69 Å². The maximum Gasteiger partial charge on any atom is 0.328 e. The number of aliphatic carboxylic acids is 1. The molecule has 1 aliphatic rings. The van der Waals surface area contributed by atoms with Gasteiger partial charge in [0, 0.05) is 36.5 Å². The van der Waals surface area contributed by atoms with Crippen molar-refractivity contribution in [3.05, 3.63) is 34.9 Å². The van der Waals surface area contributed by atoms with Gasteiger partial charge in [0.05, 0.1) is 6.61 Å². The predicted octanol–water partition coefficient (Wildman–Crippen LogP) is 3.05. The number of methoxy groups -OCH3 is 1. The SMILES string of the molecule is COCCN(c1ccc(Cl)cc1/C=C/C(=O)O)C1CC1. The van der Waals surface area contributed by atoms with Crippen molar-refractivity contribution in [1.29, 1.82) is 0 Å². The van der Waals surface area contributed by atoms with Crippen LogP contribution in [0.5, 0.6) is 0 Å². The first-order valence-electron chi connectivity index (χ1n) is 6.58. The maximum atomic E-state index is 10.7. The van der Waals surface area contributed by atoms with Crippen LogP contribution in [0.1, 0.15) is 18.4 Å². The summed E-state index contributed by atoms with van der Waals surface area (Å²) >= 11 is 6.01. The number of hydrogen-bond acceptors (Lipinski definition) is 3. The third kappa shape index (κ3) is 3.99. The third-order valence-corrected chi connectivity index (χ3v) is 3.46. The number of carbonyl (C=O) groups is 1. The second kappa shape index (κ2) is 6.77. The molecule has 1 aromatic rings. The first-order chi connectivity index (χ1) is 9.61. The van der Waals surface area contributed by atoms with Crippen LogP contribution in [-0.2, 0) is 9.53 Å². The van der Waals surface area contributed by atoms with Crippen LogP contribution in [0, 0.1) is 0 Å². The molecule has 0 aromatic heterocycles. The summed E-state index contributed by atoms with van der Waals surface area (Å²) in [4.78, 5) is 13.0. The number of halogens is 1. The second-order valence-electron chi connectivity index (χ2n) is 4.79. The highest BCUT2D eigenvalue weighted by molar-refractivity contribution is 6.30. The highest BCUT2D eigenvalue weighted by Gasteiger charge is 2.29. The first-order valence-corrected chi connectivity index (χ1v) is 6.95. The Morgan fingerprint density at radius 3 is 2.90 bits per heavy atom. The number of ether oxygens (including phenoxy) is 1. The Labute approximate surface area is 123 Å². The van der Waals surface area contributed by atoms with Gasteiger partial charge < -0.3 is 14.7 Å². The van der Waals surface area contributed by atoms with Crippen molar-refractivity contribution in [3.8, 4) is 0 Å². The quantitative estimate of drug-likeness (QED) is 0.786. The molecule has 4 nitrogen and oxygen atoms in total. The lowest BCUT2D eigenvalue weighted by atomic mass is 10.1. The van der Waals surface area contributed by atoms with Crippen molar-refractivity contribution in [2.24, 2.45) is 0 Å². The fourth-order valence-electron chi connectivity index (χ4n) is 2.16. The minimum Gasteiger partial charge on any atom is -0.478 e. The molecule has 1 N–H and O–H groups in total. The van der Waals surface area contributed by atoms with Gasteiger partial charge in [-0.1, -0.05) is 11.6 Å². The Hall–Kier alpha value is -1.52. The van der Waals surface area contributed by atoms with Gasteiger partial charge >= 0.3 is 5.97 Å². The van der Waals surface area contributed by atoms with E-state index in [2.05, 4.69) is 4.90 Å². The molecule has 0 amide bonds. The molecule has 0 spiro atoms. The molecular weight excluding hydrogens is 278 g/mol. The van der Waals surface area contributed by atoms with Crippen molar-refractivity contribution < 1.29 is 14.6 Å². The molecular formula is C15H18ClNO3. The summed E-state index contributed by atoms with van der Waals surface area (Å²) in [5.41, 5.74) is 1.83. The van der Waals surface area contributed by atoms with Crippen LogP contribution in [0.25, 0.3) is 6.08 Å². The van der Waals surface area contributed by atoms with Crippen molar-refractivity contribution in [2.45, 2.75) is 18.9 Å². The van der Waals surface area contributed by atoms with Gasteiger partial charge in [-0.05, 0) is 42.7 Å². The largest absolute Gasteiger partial charge is 0.478 e. The van der Waals surface area contributed by atoms with E-state index >= 15 is 0 Å². The van der Waals surface area contributed by atoms with E-state index in [4.69, 9.17) is 21.4 Å². The van der Waals surface area contributed by atoms with Gasteiger partial charge in [0.1, 0.15) is 0 Å². The van der Waals surface area contributed by atoms with Crippen molar-refractivity contribution in [2.75, 3.05) is 25.2 Å². The van der Waals surface area contributed by atoms with Crippen LogP contribution in [0.3, 0.4) is 0 Å². The van der Waals surface area contributed by atoms with E-state index in [1.54, 1.807) is 19.3 Å². The number of carboxylic acid groups (broad SMARTS) is 1. The van der Waals surface area contributed by atoms with E-state index in [1.807, 2.05) is 12.1 Å². The molecule has 0 saturated heterocycles. The van der Waals surface area contributed by atoms with E-state index in [9.17, 15) is 4.79 Å². The van der Waals surface area contributed by atoms with Crippen molar-refractivity contribution in [1.82, 2.24) is 0 Å². The molecule has 108 valence electrons. The topological polar surface area (TPSA) is 49.8 Å². The number of rotatable bonds is 7. The minimum atomic E-state index is -0.967. The molecule has 1 saturated carbocycles. The Bertz CT molecular complexity index is 512. The minimum absolute atomic E-state index is 0.517. The molecule has 1 aromatic carbocycles. The van der Waals surface area contributed by atoms with Crippen LogP contribution in [0.15, 0.2) is 24.3 Å². The smallest absolute Gasteiger partial charge is 0.328 e. The lowest BCUT2D eigenvalue weighted by molar-refractivity contribution is -0.131. The normalized spacial score (nSPS) is 14.7. The van der Waals surface area contributed by atoms with Gasteiger partial charge in [-0.3, -0.25) is 0 Å². The Kier molecular flexibility index (Phi) is 5.04. The number of benzene rings is 1. The summed E-state index contributed by atoms with van der Waals surface area (Å²) in [6, 6.07) is 6.08. The van der Waals surface area contributed by atoms with Gasteiger partial charge in [0.2, 0.25) is 0 Å². The van der Waals surface area contributed by atoms with Gasteiger partial charge in [0.25, 0.3) is 0 Å². The molecule has 20 heavy (non-hydrogen) atoms. The lowest BCUT2D eigenvalue weighted by Gasteiger charge is -2.26. The molecule has 1 fully saturated rings. The predicted molar refractivity (Wildman–Crippen MR) is 80.4 cm³/mol. The van der Waals surface area contributed by atoms with E-state index in [-0.39, 0.29) is 0 Å². The summed E-state index contributed by atoms with van der Waals surface area (Å²) in [5, 5.41) is 9.38. The Morgan fingerprint density at radius 2 is 2.30 bits per heavy atom. The van der Waals surface area contributed by atoms with Crippen LogP contribution in [0.2, 0.25) is 5.02 Å². The van der Waals surface area contributed by atoms with Crippen LogP contribution in [-0.4, -0.2) is 37.4 Å². The number of nitrogens with zero attached hydrogens (tertiary/aromatic N) is 1. The van der Waals surface area contributed by atoms with Gasteiger partial charge in [-0.2, -0.15) is 0 Å². The molecule has 5 heteroatoms. The molecule has 2 rings (SSSR count). The zero-order valence-corrected chi connectivity index (χ0v) is 12.1. The maximum absolute atomic E-state index is 10.7. The van der Waals surface area contributed by atoms with E-state index in [0.29, 0.717) is 17.7 Å². The lowest BCUT2D eigenvalue weighted by Crippen LogP contribution is -2.30. The monoisotopic (exact) mass is 295 g/mol. The molecule has 1 aliphatic carbocycles. The van der Waals surface area contributed by atoms with Gasteiger partial charge in [-0.15, -0.1) is 0 Å². The van der Waals surface area contributed by atoms with E-state index in [0.717, 1.165) is 36.7 Å². The molecule has 0 bridgehead atoms. The number of anilines is 1. The molecule has 0 radical (unpaired) electrons. The molecule has 0 unspecified atom stereocenters. The zero-order chi connectivity index (χ0) is 14.5. The fraction of sp³-hybridized carbons (Fsp3) is 0.400. The second-order valence-corrected chi connectivity index (χ2v) is 5.23. The molecule has 0 atom stereocenters. The summed E-state index contributed by atoms with van der Waals surface area (Å²) < 4.78 is 5.15. The average molecular weight is 296 g/mol. The zero-order valence-electron chi connectivity index (χ0n) is 11.4. The van der Waals surface area contributed by atoms with Crippen LogP contribution < -0.4 is 4.90 Å². The van der Waals surface area contributed by atoms with E-state index < -0.39 is 5.97 Å². The number of hydrogen-bond donors (Lipinski definition) is 1. The first kappa shape index (κ1) is 14.9. The molecule has 0 heterocycles. The fourth-order valence-corrected chi connectivity index (χ4v) is 2.34. The van der Waals surface area contributed by atoms with Crippen molar-refractivity contribution >= 4 is 29.3 Å². The standard InChI is InChI=1S/C15H18ClNO3/c1-20-9-8-17(13-4-5-13)14-6-3-12(16)10-11(14)2-7-15(18)19/h2-3,6-7,10,13H,4-5,8-9H2,1H3,(H,18,19)/b7-2+. The third-order valence-electron chi connectivity index (χ3n) is 3.23. The average Bonchev–Trinajstić information content (AvgIpc) is 3.23. The van der Waals surface area contributed by atoms with Gasteiger partial charge in [-0.25, -0.2) is 4.79 Å². The Balaban J connectivity index is 2.29. The number of carboxylic acids is 1.